The van der Waals surface area contributed by atoms with Crippen LogP contribution in [-0.4, -0.2) is 54.7 Å². The van der Waals surface area contributed by atoms with Gasteiger partial charge in [-0.2, -0.15) is 4.37 Å². The van der Waals surface area contributed by atoms with Crippen LogP contribution in [0.4, 0.5) is 16.6 Å². The molecule has 176 valence electrons. The number of aromatic nitrogens is 2. The number of pyridine rings is 1. The molecular formula is C23H30N6O3S. The summed E-state index contributed by atoms with van der Waals surface area (Å²) in [6, 6.07) is 2.12. The second kappa shape index (κ2) is 9.28. The van der Waals surface area contributed by atoms with Crippen molar-refractivity contribution in [3.8, 4) is 0 Å². The number of piperidine rings is 1. The predicted molar refractivity (Wildman–Crippen MR) is 130 cm³/mol. The molecule has 0 aliphatic carbocycles. The van der Waals surface area contributed by atoms with Crippen molar-refractivity contribution < 1.29 is 13.9 Å². The van der Waals surface area contributed by atoms with Crippen LogP contribution in [-0.2, 0) is 4.74 Å². The van der Waals surface area contributed by atoms with E-state index in [-0.39, 0.29) is 11.9 Å². The van der Waals surface area contributed by atoms with E-state index in [1.54, 1.807) is 13.2 Å². The number of fused-ring (bicyclic) bond motifs is 1. The zero-order chi connectivity index (χ0) is 22.9. The number of hydrogen-bond acceptors (Lipinski definition) is 9. The number of nitrogens with one attached hydrogen (secondary N) is 2. The first-order chi connectivity index (χ1) is 16.0. The normalized spacial score (nSPS) is 22.0. The van der Waals surface area contributed by atoms with Gasteiger partial charge in [-0.05, 0) is 54.3 Å². The maximum absolute atomic E-state index is 13.4. The second-order valence-corrected chi connectivity index (χ2v) is 9.84. The van der Waals surface area contributed by atoms with Gasteiger partial charge < -0.3 is 30.4 Å². The number of rotatable bonds is 5. The van der Waals surface area contributed by atoms with E-state index in [9.17, 15) is 4.79 Å². The van der Waals surface area contributed by atoms with Gasteiger partial charge >= 0.3 is 0 Å². The van der Waals surface area contributed by atoms with Crippen molar-refractivity contribution in [1.29, 1.82) is 0 Å². The molecule has 2 aliphatic heterocycles. The van der Waals surface area contributed by atoms with E-state index in [2.05, 4.69) is 31.8 Å². The molecule has 1 unspecified atom stereocenters. The maximum Gasteiger partial charge on any atom is 0.263 e. The van der Waals surface area contributed by atoms with Crippen molar-refractivity contribution in [3.63, 3.8) is 0 Å². The van der Waals surface area contributed by atoms with Crippen LogP contribution in [0.3, 0.4) is 0 Å². The monoisotopic (exact) mass is 470 g/mol. The predicted octanol–water partition coefficient (Wildman–Crippen LogP) is 3.65. The standard InChI is InChI=1S/C23H30N6O3S/c1-13-7-16(24)12-29(11-13)23-17(10-27-33-23)28-21(30)19-20-18(32-22(19)25-2)8-15(9-26-20)14-3-5-31-6-4-14/h8-10,13-14,16,25H,3-7,11-12,24H2,1-2H3,(H,28,30)/t13-,16?/m1/s1. The molecule has 0 radical (unpaired) electrons. The molecule has 1 amide bonds. The molecule has 0 aromatic carbocycles. The summed E-state index contributed by atoms with van der Waals surface area (Å²) in [6.45, 7) is 5.36. The molecule has 3 aromatic rings. The molecule has 2 fully saturated rings. The summed E-state index contributed by atoms with van der Waals surface area (Å²) in [6.07, 6.45) is 6.49. The van der Waals surface area contributed by atoms with E-state index in [1.165, 1.54) is 11.5 Å². The number of hydrogen-bond donors (Lipinski definition) is 3. The highest BCUT2D eigenvalue weighted by molar-refractivity contribution is 7.11. The number of anilines is 3. The fourth-order valence-electron chi connectivity index (χ4n) is 4.93. The topological polar surface area (TPSA) is 119 Å². The third-order valence-electron chi connectivity index (χ3n) is 6.48. The minimum Gasteiger partial charge on any atom is -0.438 e. The zero-order valence-electron chi connectivity index (χ0n) is 19.0. The van der Waals surface area contributed by atoms with Gasteiger partial charge in [-0.25, -0.2) is 0 Å². The van der Waals surface area contributed by atoms with Crippen LogP contribution in [0.15, 0.2) is 22.9 Å². The molecule has 9 nitrogen and oxygen atoms in total. The highest BCUT2D eigenvalue weighted by atomic mass is 32.1. The third kappa shape index (κ3) is 4.42. The van der Waals surface area contributed by atoms with Crippen LogP contribution in [0, 0.1) is 5.92 Å². The molecule has 10 heteroatoms. The number of carbonyl (C=O) groups is 1. The third-order valence-corrected chi connectivity index (χ3v) is 7.34. The number of carbonyl (C=O) groups excluding carboxylic acids is 1. The van der Waals surface area contributed by atoms with E-state index in [0.717, 1.165) is 56.1 Å². The van der Waals surface area contributed by atoms with Crippen molar-refractivity contribution in [1.82, 2.24) is 9.36 Å². The van der Waals surface area contributed by atoms with Gasteiger partial charge in [0.05, 0.1) is 11.9 Å². The lowest BCUT2D eigenvalue weighted by Gasteiger charge is -2.35. The minimum absolute atomic E-state index is 0.113. The smallest absolute Gasteiger partial charge is 0.263 e. The summed E-state index contributed by atoms with van der Waals surface area (Å²) >= 11 is 1.37. The number of nitrogens with zero attached hydrogens (tertiary/aromatic N) is 3. The van der Waals surface area contributed by atoms with Crippen LogP contribution < -0.4 is 21.3 Å². The molecular weight excluding hydrogens is 440 g/mol. The molecule has 2 aliphatic rings. The summed E-state index contributed by atoms with van der Waals surface area (Å²) in [5, 5.41) is 6.97. The Morgan fingerprint density at radius 3 is 2.85 bits per heavy atom. The number of ether oxygens (including phenoxy) is 1. The van der Waals surface area contributed by atoms with Crippen molar-refractivity contribution in [2.75, 3.05) is 48.9 Å². The lowest BCUT2D eigenvalue weighted by Crippen LogP contribution is -2.46. The Morgan fingerprint density at radius 1 is 1.27 bits per heavy atom. The Balaban J connectivity index is 1.41. The Kier molecular flexibility index (Phi) is 6.22. The summed E-state index contributed by atoms with van der Waals surface area (Å²) in [7, 11) is 1.74. The van der Waals surface area contributed by atoms with Gasteiger partial charge in [-0.15, -0.1) is 0 Å². The molecule has 4 N–H and O–H groups in total. The van der Waals surface area contributed by atoms with Gasteiger partial charge in [0.25, 0.3) is 5.91 Å². The zero-order valence-corrected chi connectivity index (χ0v) is 19.8. The van der Waals surface area contributed by atoms with Crippen LogP contribution in [0.1, 0.15) is 48.0 Å². The molecule has 3 aromatic heterocycles. The second-order valence-electron chi connectivity index (χ2n) is 9.06. The first-order valence-electron chi connectivity index (χ1n) is 11.5. The lowest BCUT2D eigenvalue weighted by molar-refractivity contribution is 0.0853. The Labute approximate surface area is 196 Å². The average Bonchev–Trinajstić information content (AvgIpc) is 3.42. The average molecular weight is 471 g/mol. The van der Waals surface area contributed by atoms with E-state index >= 15 is 0 Å². The fraction of sp³-hybridized carbons (Fsp3) is 0.522. The molecule has 5 rings (SSSR count). The van der Waals surface area contributed by atoms with Crippen LogP contribution in [0.5, 0.6) is 0 Å². The number of amides is 1. The van der Waals surface area contributed by atoms with Gasteiger partial charge in [-0.1, -0.05) is 6.92 Å². The Morgan fingerprint density at radius 2 is 2.09 bits per heavy atom. The minimum atomic E-state index is -0.278. The van der Waals surface area contributed by atoms with Crippen LogP contribution in [0.25, 0.3) is 11.1 Å². The summed E-state index contributed by atoms with van der Waals surface area (Å²) in [5.74, 6) is 1.01. The molecule has 2 saturated heterocycles. The fourth-order valence-corrected chi connectivity index (χ4v) is 5.66. The van der Waals surface area contributed by atoms with Gasteiger partial charge in [0.2, 0.25) is 5.88 Å². The Hall–Kier alpha value is -2.69. The molecule has 0 spiro atoms. The van der Waals surface area contributed by atoms with E-state index in [0.29, 0.717) is 40.1 Å². The van der Waals surface area contributed by atoms with E-state index in [4.69, 9.17) is 14.9 Å². The summed E-state index contributed by atoms with van der Waals surface area (Å²) < 4.78 is 15.8. The molecule has 0 saturated carbocycles. The van der Waals surface area contributed by atoms with Gasteiger partial charge in [0.15, 0.2) is 5.58 Å². The first-order valence-corrected chi connectivity index (χ1v) is 12.2. The van der Waals surface area contributed by atoms with E-state index < -0.39 is 0 Å². The summed E-state index contributed by atoms with van der Waals surface area (Å²) in [4.78, 5) is 20.2. The van der Waals surface area contributed by atoms with Gasteiger partial charge in [0, 0.05) is 45.6 Å². The lowest BCUT2D eigenvalue weighted by atomic mass is 9.93. The Bertz CT molecular complexity index is 1130. The van der Waals surface area contributed by atoms with Crippen molar-refractivity contribution in [2.24, 2.45) is 11.7 Å². The first kappa shape index (κ1) is 22.1. The van der Waals surface area contributed by atoms with Crippen LogP contribution >= 0.6 is 11.5 Å². The largest absolute Gasteiger partial charge is 0.438 e. The summed E-state index contributed by atoms with van der Waals surface area (Å²) in [5.41, 5.74) is 9.58. The SMILES string of the molecule is CNc1oc2cc(C3CCOCC3)cnc2c1C(=O)Nc1cnsc1N1CC(N)C[C@@H](C)C1. The number of furan rings is 1. The molecule has 33 heavy (non-hydrogen) atoms. The quantitative estimate of drug-likeness (QED) is 0.517. The highest BCUT2D eigenvalue weighted by Crippen LogP contribution is 2.36. The van der Waals surface area contributed by atoms with Crippen molar-refractivity contribution in [3.05, 3.63) is 29.6 Å². The van der Waals surface area contributed by atoms with Crippen molar-refractivity contribution >= 4 is 45.1 Å². The van der Waals surface area contributed by atoms with Crippen LogP contribution in [0.2, 0.25) is 0 Å². The van der Waals surface area contributed by atoms with Crippen molar-refractivity contribution in [2.45, 2.75) is 38.1 Å². The van der Waals surface area contributed by atoms with Gasteiger partial charge in [0.1, 0.15) is 16.1 Å². The molecule has 0 bridgehead atoms. The number of nitrogens with two attached hydrogens (primary N) is 1. The van der Waals surface area contributed by atoms with E-state index in [1.807, 2.05) is 12.3 Å². The van der Waals surface area contributed by atoms with Gasteiger partial charge in [-0.3, -0.25) is 9.78 Å². The maximum atomic E-state index is 13.4. The molecule has 2 atom stereocenters. The highest BCUT2D eigenvalue weighted by Gasteiger charge is 2.28. The molecule has 5 heterocycles.